The van der Waals surface area contributed by atoms with E-state index in [0.717, 1.165) is 18.4 Å². The molecule has 0 unspecified atom stereocenters. The SMILES string of the molecule is O=C(CC1CCCCC1)Nc1ccc2c(c1)N(Cc1ccccc1)C(=O)CO2. The normalized spacial score (nSPS) is 17.0. The Hall–Kier alpha value is -2.82. The zero-order valence-electron chi connectivity index (χ0n) is 16.0. The molecule has 0 atom stereocenters. The summed E-state index contributed by atoms with van der Waals surface area (Å²) >= 11 is 0. The number of hydrogen-bond donors (Lipinski definition) is 1. The number of amides is 2. The highest BCUT2D eigenvalue weighted by Crippen LogP contribution is 2.36. The van der Waals surface area contributed by atoms with E-state index in [0.29, 0.717) is 36.0 Å². The van der Waals surface area contributed by atoms with Gasteiger partial charge in [-0.25, -0.2) is 0 Å². The summed E-state index contributed by atoms with van der Waals surface area (Å²) in [6, 6.07) is 15.4. The van der Waals surface area contributed by atoms with Gasteiger partial charge < -0.3 is 15.0 Å². The molecule has 0 radical (unpaired) electrons. The fourth-order valence-corrected chi connectivity index (χ4v) is 4.08. The summed E-state index contributed by atoms with van der Waals surface area (Å²) in [6.07, 6.45) is 6.60. The van der Waals surface area contributed by atoms with Crippen LogP contribution in [0.5, 0.6) is 5.75 Å². The van der Waals surface area contributed by atoms with Gasteiger partial charge >= 0.3 is 0 Å². The maximum atomic E-state index is 12.5. The second-order valence-electron chi connectivity index (χ2n) is 7.69. The molecule has 2 aromatic rings. The number of carbonyl (C=O) groups excluding carboxylic acids is 2. The number of rotatable bonds is 5. The minimum Gasteiger partial charge on any atom is -0.482 e. The van der Waals surface area contributed by atoms with Crippen molar-refractivity contribution in [2.75, 3.05) is 16.8 Å². The van der Waals surface area contributed by atoms with E-state index in [1.54, 1.807) is 4.90 Å². The fourth-order valence-electron chi connectivity index (χ4n) is 4.08. The Labute approximate surface area is 165 Å². The van der Waals surface area contributed by atoms with E-state index < -0.39 is 0 Å². The topological polar surface area (TPSA) is 58.6 Å². The average molecular weight is 378 g/mol. The number of nitrogens with one attached hydrogen (secondary N) is 1. The predicted molar refractivity (Wildman–Crippen MR) is 109 cm³/mol. The van der Waals surface area contributed by atoms with Crippen LogP contribution in [-0.2, 0) is 16.1 Å². The first-order valence-electron chi connectivity index (χ1n) is 10.1. The van der Waals surface area contributed by atoms with Crippen molar-refractivity contribution in [2.45, 2.75) is 45.1 Å². The number of benzene rings is 2. The van der Waals surface area contributed by atoms with Crippen LogP contribution < -0.4 is 15.0 Å². The molecule has 146 valence electrons. The van der Waals surface area contributed by atoms with Crippen molar-refractivity contribution in [3.05, 3.63) is 54.1 Å². The quantitative estimate of drug-likeness (QED) is 0.832. The average Bonchev–Trinajstić information content (AvgIpc) is 2.72. The van der Waals surface area contributed by atoms with E-state index in [1.807, 2.05) is 48.5 Å². The highest BCUT2D eigenvalue weighted by molar-refractivity contribution is 5.99. The van der Waals surface area contributed by atoms with Gasteiger partial charge in [0.25, 0.3) is 5.91 Å². The highest BCUT2D eigenvalue weighted by atomic mass is 16.5. The molecule has 0 bridgehead atoms. The molecule has 2 amide bonds. The van der Waals surface area contributed by atoms with E-state index in [-0.39, 0.29) is 18.4 Å². The molecule has 1 aliphatic heterocycles. The third-order valence-corrected chi connectivity index (χ3v) is 5.57. The predicted octanol–water partition coefficient (Wildman–Crippen LogP) is 4.52. The molecule has 4 rings (SSSR count). The lowest BCUT2D eigenvalue weighted by Gasteiger charge is -2.30. The summed E-state index contributed by atoms with van der Waals surface area (Å²) in [6.45, 7) is 0.517. The summed E-state index contributed by atoms with van der Waals surface area (Å²) in [5, 5.41) is 3.01. The van der Waals surface area contributed by atoms with Crippen molar-refractivity contribution in [3.63, 3.8) is 0 Å². The van der Waals surface area contributed by atoms with Gasteiger partial charge in [-0.05, 0) is 42.5 Å². The van der Waals surface area contributed by atoms with Gasteiger partial charge in [-0.2, -0.15) is 0 Å². The fraction of sp³-hybridized carbons (Fsp3) is 0.391. The van der Waals surface area contributed by atoms with Crippen LogP contribution in [0.2, 0.25) is 0 Å². The van der Waals surface area contributed by atoms with Crippen LogP contribution in [0.1, 0.15) is 44.1 Å². The Balaban J connectivity index is 1.49. The molecular weight excluding hydrogens is 352 g/mol. The van der Waals surface area contributed by atoms with Crippen molar-refractivity contribution in [1.82, 2.24) is 0 Å². The molecule has 1 fully saturated rings. The van der Waals surface area contributed by atoms with Crippen molar-refractivity contribution < 1.29 is 14.3 Å². The molecule has 0 aromatic heterocycles. The maximum absolute atomic E-state index is 12.5. The number of nitrogens with zero attached hydrogens (tertiary/aromatic N) is 1. The number of anilines is 2. The first kappa shape index (κ1) is 18.5. The second kappa shape index (κ2) is 8.46. The van der Waals surface area contributed by atoms with Crippen molar-refractivity contribution in [2.24, 2.45) is 5.92 Å². The molecule has 1 saturated carbocycles. The van der Waals surface area contributed by atoms with E-state index in [9.17, 15) is 9.59 Å². The molecule has 28 heavy (non-hydrogen) atoms. The Morgan fingerprint density at radius 3 is 2.64 bits per heavy atom. The van der Waals surface area contributed by atoms with Gasteiger partial charge in [0.15, 0.2) is 6.61 Å². The summed E-state index contributed by atoms with van der Waals surface area (Å²) in [7, 11) is 0. The van der Waals surface area contributed by atoms with Gasteiger partial charge in [0, 0.05) is 12.1 Å². The van der Waals surface area contributed by atoms with Gasteiger partial charge in [0.05, 0.1) is 12.2 Å². The number of carbonyl (C=O) groups is 2. The molecule has 1 heterocycles. The second-order valence-corrected chi connectivity index (χ2v) is 7.69. The lowest BCUT2D eigenvalue weighted by molar-refractivity contribution is -0.121. The number of fused-ring (bicyclic) bond motifs is 1. The maximum Gasteiger partial charge on any atom is 0.265 e. The van der Waals surface area contributed by atoms with E-state index in [2.05, 4.69) is 5.32 Å². The summed E-state index contributed by atoms with van der Waals surface area (Å²) in [5.74, 6) is 1.12. The largest absolute Gasteiger partial charge is 0.482 e. The zero-order chi connectivity index (χ0) is 19.3. The molecule has 2 aliphatic rings. The summed E-state index contributed by atoms with van der Waals surface area (Å²) in [5.41, 5.74) is 2.46. The van der Waals surface area contributed by atoms with Crippen molar-refractivity contribution >= 4 is 23.2 Å². The van der Waals surface area contributed by atoms with Crippen LogP contribution in [0.25, 0.3) is 0 Å². The van der Waals surface area contributed by atoms with Gasteiger partial charge in [0.1, 0.15) is 5.75 Å². The third kappa shape index (κ3) is 4.35. The lowest BCUT2D eigenvalue weighted by atomic mass is 9.87. The van der Waals surface area contributed by atoms with Gasteiger partial charge in [-0.1, -0.05) is 49.6 Å². The van der Waals surface area contributed by atoms with Gasteiger partial charge in [-0.3, -0.25) is 9.59 Å². The Kier molecular flexibility index (Phi) is 5.60. The van der Waals surface area contributed by atoms with Crippen LogP contribution in [0.4, 0.5) is 11.4 Å². The molecular formula is C23H26N2O3. The summed E-state index contributed by atoms with van der Waals surface area (Å²) < 4.78 is 5.58. The van der Waals surface area contributed by atoms with E-state index >= 15 is 0 Å². The third-order valence-electron chi connectivity index (χ3n) is 5.57. The Morgan fingerprint density at radius 2 is 1.86 bits per heavy atom. The minimum absolute atomic E-state index is 0.0349. The lowest BCUT2D eigenvalue weighted by Crippen LogP contribution is -2.38. The molecule has 2 aromatic carbocycles. The summed E-state index contributed by atoms with van der Waals surface area (Å²) in [4.78, 5) is 26.7. The van der Waals surface area contributed by atoms with Crippen LogP contribution in [0.15, 0.2) is 48.5 Å². The first-order chi connectivity index (χ1) is 13.7. The number of ether oxygens (including phenoxy) is 1. The number of hydrogen-bond acceptors (Lipinski definition) is 3. The standard InChI is InChI=1S/C23H26N2O3/c26-22(13-17-7-3-1-4-8-17)24-19-11-12-21-20(14-19)25(23(27)16-28-21)15-18-9-5-2-6-10-18/h2,5-6,9-12,14,17H,1,3-4,7-8,13,15-16H2,(H,24,26). The molecule has 0 saturated heterocycles. The Bertz CT molecular complexity index is 844. The minimum atomic E-state index is -0.0814. The van der Waals surface area contributed by atoms with E-state index in [4.69, 9.17) is 4.74 Å². The van der Waals surface area contributed by atoms with Crippen LogP contribution in [0.3, 0.4) is 0 Å². The van der Waals surface area contributed by atoms with E-state index in [1.165, 1.54) is 19.3 Å². The first-order valence-corrected chi connectivity index (χ1v) is 10.1. The Morgan fingerprint density at radius 1 is 1.07 bits per heavy atom. The smallest absolute Gasteiger partial charge is 0.265 e. The van der Waals surface area contributed by atoms with Gasteiger partial charge in [-0.15, -0.1) is 0 Å². The monoisotopic (exact) mass is 378 g/mol. The molecule has 1 aliphatic carbocycles. The van der Waals surface area contributed by atoms with Crippen molar-refractivity contribution in [3.8, 4) is 5.75 Å². The molecule has 1 N–H and O–H groups in total. The van der Waals surface area contributed by atoms with Crippen LogP contribution in [-0.4, -0.2) is 18.4 Å². The molecule has 0 spiro atoms. The van der Waals surface area contributed by atoms with Crippen LogP contribution >= 0.6 is 0 Å². The zero-order valence-corrected chi connectivity index (χ0v) is 16.0. The highest BCUT2D eigenvalue weighted by Gasteiger charge is 2.26. The van der Waals surface area contributed by atoms with Crippen molar-refractivity contribution in [1.29, 1.82) is 0 Å². The molecule has 5 nitrogen and oxygen atoms in total. The molecule has 5 heteroatoms. The van der Waals surface area contributed by atoms with Crippen LogP contribution in [0, 0.1) is 5.92 Å². The van der Waals surface area contributed by atoms with Gasteiger partial charge in [0.2, 0.25) is 5.91 Å².